The van der Waals surface area contributed by atoms with Crippen molar-refractivity contribution in [3.05, 3.63) is 23.9 Å². The van der Waals surface area contributed by atoms with Crippen molar-refractivity contribution in [2.75, 3.05) is 23.9 Å². The zero-order valence-corrected chi connectivity index (χ0v) is 8.32. The van der Waals surface area contributed by atoms with Crippen molar-refractivity contribution in [3.8, 4) is 0 Å². The Morgan fingerprint density at radius 1 is 1.58 bits per heavy atom. The van der Waals surface area contributed by atoms with Crippen LogP contribution in [0.15, 0.2) is 18.3 Å². The van der Waals surface area contributed by atoms with Crippen LogP contribution in [-0.4, -0.2) is 23.5 Å². The van der Waals surface area contributed by atoms with Crippen molar-refractivity contribution in [2.24, 2.45) is 0 Å². The molecule has 0 saturated heterocycles. The first-order valence-corrected chi connectivity index (χ1v) is 5.38. The van der Waals surface area contributed by atoms with Gasteiger partial charge in [-0.2, -0.15) is 11.8 Å². The van der Waals surface area contributed by atoms with Gasteiger partial charge in [-0.05, 0) is 30.9 Å². The van der Waals surface area contributed by atoms with E-state index in [2.05, 4.69) is 29.5 Å². The van der Waals surface area contributed by atoms with E-state index >= 15 is 0 Å². The van der Waals surface area contributed by atoms with Crippen LogP contribution in [0.5, 0.6) is 0 Å². The highest BCUT2D eigenvalue weighted by molar-refractivity contribution is 7.98. The second-order valence-electron chi connectivity index (χ2n) is 2.64. The van der Waals surface area contributed by atoms with E-state index in [1.807, 2.05) is 24.0 Å². The summed E-state index contributed by atoms with van der Waals surface area (Å²) in [4.78, 5) is 4.19. The summed E-state index contributed by atoms with van der Waals surface area (Å²) in [6.45, 7) is 3.05. The zero-order valence-electron chi connectivity index (χ0n) is 7.50. The van der Waals surface area contributed by atoms with Gasteiger partial charge < -0.3 is 5.32 Å². The minimum atomic E-state index is 0.976. The molecule has 66 valence electrons. The molecule has 0 unspecified atom stereocenters. The summed E-state index contributed by atoms with van der Waals surface area (Å²) in [7, 11) is 0. The SMILES string of the molecule is CSCCNc1cc(C)ccn1. The van der Waals surface area contributed by atoms with Crippen LogP contribution in [-0.2, 0) is 0 Å². The van der Waals surface area contributed by atoms with Gasteiger partial charge >= 0.3 is 0 Å². The molecule has 2 nitrogen and oxygen atoms in total. The van der Waals surface area contributed by atoms with E-state index in [1.54, 1.807) is 0 Å². The lowest BCUT2D eigenvalue weighted by atomic mass is 10.3. The van der Waals surface area contributed by atoms with Gasteiger partial charge in [-0.15, -0.1) is 0 Å². The minimum absolute atomic E-state index is 0.976. The highest BCUT2D eigenvalue weighted by Crippen LogP contribution is 2.04. The standard InChI is InChI=1S/C9H14N2S/c1-8-3-4-10-9(7-8)11-5-6-12-2/h3-4,7H,5-6H2,1-2H3,(H,10,11). The Morgan fingerprint density at radius 3 is 3.08 bits per heavy atom. The first-order chi connectivity index (χ1) is 5.83. The Labute approximate surface area is 77.8 Å². The number of hydrogen-bond acceptors (Lipinski definition) is 3. The molecular formula is C9H14N2S. The van der Waals surface area contributed by atoms with E-state index in [9.17, 15) is 0 Å². The summed E-state index contributed by atoms with van der Waals surface area (Å²) in [5, 5.41) is 3.25. The number of pyridine rings is 1. The summed E-state index contributed by atoms with van der Waals surface area (Å²) in [6, 6.07) is 4.06. The topological polar surface area (TPSA) is 24.9 Å². The summed E-state index contributed by atoms with van der Waals surface area (Å²) in [6.07, 6.45) is 3.93. The van der Waals surface area contributed by atoms with E-state index in [0.717, 1.165) is 18.1 Å². The third-order valence-electron chi connectivity index (χ3n) is 1.53. The lowest BCUT2D eigenvalue weighted by Gasteiger charge is -2.03. The van der Waals surface area contributed by atoms with E-state index < -0.39 is 0 Å². The Bertz CT molecular complexity index is 238. The molecule has 0 spiro atoms. The molecule has 0 aliphatic carbocycles. The second-order valence-corrected chi connectivity index (χ2v) is 3.62. The van der Waals surface area contributed by atoms with Gasteiger partial charge in [0, 0.05) is 18.5 Å². The molecule has 1 rings (SSSR count). The van der Waals surface area contributed by atoms with Crippen LogP contribution >= 0.6 is 11.8 Å². The first kappa shape index (κ1) is 9.39. The summed E-state index contributed by atoms with van der Waals surface area (Å²) < 4.78 is 0. The molecule has 0 aliphatic rings. The predicted octanol–water partition coefficient (Wildman–Crippen LogP) is 2.16. The number of thioether (sulfide) groups is 1. The molecule has 3 heteroatoms. The average Bonchev–Trinajstić information content (AvgIpc) is 2.05. The van der Waals surface area contributed by atoms with Crippen LogP contribution in [0.1, 0.15) is 5.56 Å². The van der Waals surface area contributed by atoms with Gasteiger partial charge in [0.2, 0.25) is 0 Å². The van der Waals surface area contributed by atoms with Gasteiger partial charge in [0.15, 0.2) is 0 Å². The maximum Gasteiger partial charge on any atom is 0.126 e. The van der Waals surface area contributed by atoms with Crippen molar-refractivity contribution < 1.29 is 0 Å². The van der Waals surface area contributed by atoms with E-state index in [1.165, 1.54) is 5.56 Å². The molecule has 12 heavy (non-hydrogen) atoms. The number of aromatic nitrogens is 1. The van der Waals surface area contributed by atoms with Gasteiger partial charge in [0.1, 0.15) is 5.82 Å². The number of aryl methyl sites for hydroxylation is 1. The van der Waals surface area contributed by atoms with Gasteiger partial charge in [-0.25, -0.2) is 4.98 Å². The smallest absolute Gasteiger partial charge is 0.126 e. The van der Waals surface area contributed by atoms with Crippen molar-refractivity contribution >= 4 is 17.6 Å². The average molecular weight is 182 g/mol. The first-order valence-electron chi connectivity index (χ1n) is 3.98. The van der Waals surface area contributed by atoms with E-state index in [4.69, 9.17) is 0 Å². The molecule has 0 aliphatic heterocycles. The lowest BCUT2D eigenvalue weighted by Crippen LogP contribution is -2.05. The third kappa shape index (κ3) is 3.13. The number of anilines is 1. The molecule has 0 saturated carbocycles. The number of rotatable bonds is 4. The van der Waals surface area contributed by atoms with Crippen LogP contribution < -0.4 is 5.32 Å². The molecular weight excluding hydrogens is 168 g/mol. The summed E-state index contributed by atoms with van der Waals surface area (Å²) in [5.74, 6) is 2.10. The summed E-state index contributed by atoms with van der Waals surface area (Å²) >= 11 is 1.83. The highest BCUT2D eigenvalue weighted by Gasteiger charge is 1.91. The minimum Gasteiger partial charge on any atom is -0.369 e. The Kier molecular flexibility index (Phi) is 3.94. The fourth-order valence-corrected chi connectivity index (χ4v) is 1.22. The Balaban J connectivity index is 2.41. The van der Waals surface area contributed by atoms with Crippen LogP contribution in [0.4, 0.5) is 5.82 Å². The van der Waals surface area contributed by atoms with Crippen molar-refractivity contribution in [3.63, 3.8) is 0 Å². The van der Waals surface area contributed by atoms with Gasteiger partial charge in [-0.1, -0.05) is 0 Å². The van der Waals surface area contributed by atoms with Crippen LogP contribution in [0.3, 0.4) is 0 Å². The maximum absolute atomic E-state index is 4.19. The third-order valence-corrected chi connectivity index (χ3v) is 2.14. The van der Waals surface area contributed by atoms with Crippen molar-refractivity contribution in [2.45, 2.75) is 6.92 Å². The molecule has 0 bridgehead atoms. The zero-order chi connectivity index (χ0) is 8.81. The Morgan fingerprint density at radius 2 is 2.42 bits per heavy atom. The van der Waals surface area contributed by atoms with Crippen LogP contribution in [0.2, 0.25) is 0 Å². The summed E-state index contributed by atoms with van der Waals surface area (Å²) in [5.41, 5.74) is 1.25. The second kappa shape index (κ2) is 5.04. The quantitative estimate of drug-likeness (QED) is 0.722. The van der Waals surface area contributed by atoms with Crippen molar-refractivity contribution in [1.29, 1.82) is 0 Å². The highest BCUT2D eigenvalue weighted by atomic mass is 32.2. The van der Waals surface area contributed by atoms with E-state index in [0.29, 0.717) is 0 Å². The molecule has 1 heterocycles. The fourth-order valence-electron chi connectivity index (χ4n) is 0.914. The fraction of sp³-hybridized carbons (Fsp3) is 0.444. The number of nitrogens with zero attached hydrogens (tertiary/aromatic N) is 1. The van der Waals surface area contributed by atoms with Gasteiger partial charge in [-0.3, -0.25) is 0 Å². The molecule has 0 atom stereocenters. The number of nitrogens with one attached hydrogen (secondary N) is 1. The normalized spacial score (nSPS) is 9.83. The van der Waals surface area contributed by atoms with E-state index in [-0.39, 0.29) is 0 Å². The molecule has 0 radical (unpaired) electrons. The maximum atomic E-state index is 4.19. The van der Waals surface area contributed by atoms with Gasteiger partial charge in [0.25, 0.3) is 0 Å². The monoisotopic (exact) mass is 182 g/mol. The molecule has 1 aromatic rings. The predicted molar refractivity (Wildman–Crippen MR) is 55.8 cm³/mol. The Hall–Kier alpha value is -0.700. The van der Waals surface area contributed by atoms with Crippen LogP contribution in [0, 0.1) is 6.92 Å². The van der Waals surface area contributed by atoms with Crippen LogP contribution in [0.25, 0.3) is 0 Å². The molecule has 0 fully saturated rings. The number of hydrogen-bond donors (Lipinski definition) is 1. The molecule has 0 aromatic carbocycles. The molecule has 1 aromatic heterocycles. The van der Waals surface area contributed by atoms with Gasteiger partial charge in [0.05, 0.1) is 0 Å². The molecule has 0 amide bonds. The largest absolute Gasteiger partial charge is 0.369 e. The lowest BCUT2D eigenvalue weighted by molar-refractivity contribution is 1.16. The van der Waals surface area contributed by atoms with Crippen molar-refractivity contribution in [1.82, 2.24) is 4.98 Å². The molecule has 1 N–H and O–H groups in total.